The molecule has 0 unspecified atom stereocenters. The summed E-state index contributed by atoms with van der Waals surface area (Å²) in [6.45, 7) is 18.1. The second-order valence-corrected chi connectivity index (χ2v) is 30.4. The van der Waals surface area contributed by atoms with E-state index in [1.54, 1.807) is 21.6 Å². The van der Waals surface area contributed by atoms with Gasteiger partial charge in [-0.3, -0.25) is 38.4 Å². The van der Waals surface area contributed by atoms with Crippen LogP contribution in [-0.4, -0.2) is 181 Å². The van der Waals surface area contributed by atoms with Crippen LogP contribution in [0, 0.1) is 25.2 Å². The third-order valence-corrected chi connectivity index (χ3v) is 21.6. The molecule has 30 heteroatoms. The molecule has 0 radical (unpaired) electrons. The van der Waals surface area contributed by atoms with E-state index in [1.807, 2.05) is 35.2 Å². The van der Waals surface area contributed by atoms with Crippen LogP contribution in [0.3, 0.4) is 0 Å². The molecular weight excluding hydrogens is 1400 g/mol. The Morgan fingerprint density at radius 3 is 1.43 bits per heavy atom. The van der Waals surface area contributed by atoms with Crippen LogP contribution in [0.2, 0.25) is 0 Å². The van der Waals surface area contributed by atoms with Gasteiger partial charge < -0.3 is 58.2 Å². The number of unbranched alkanes of at least 4 members (excludes halogenated alkanes) is 3. The molecule has 6 atom stereocenters. The van der Waals surface area contributed by atoms with Crippen LogP contribution in [0.4, 0.5) is 4.79 Å². The predicted octanol–water partition coefficient (Wildman–Crippen LogP) is 10.4. The maximum atomic E-state index is 12.3. The van der Waals surface area contributed by atoms with E-state index in [9.17, 15) is 52.7 Å². The normalized spacial score (nSPS) is 19.6. The van der Waals surface area contributed by atoms with Crippen molar-refractivity contribution in [2.45, 2.75) is 195 Å². The largest absolute Gasteiger partial charge is 0.481 e. The van der Waals surface area contributed by atoms with Crippen molar-refractivity contribution in [3.05, 3.63) is 43.3 Å². The molecule has 0 spiro atoms. The number of rotatable bonds is 34. The number of carbonyl (C=O) groups is 11. The summed E-state index contributed by atoms with van der Waals surface area (Å²) in [5, 5.41) is 23.9. The summed E-state index contributed by atoms with van der Waals surface area (Å²) in [5.41, 5.74) is 6.49. The molecule has 0 bridgehead atoms. The van der Waals surface area contributed by atoms with Gasteiger partial charge in [0.1, 0.15) is 6.61 Å². The van der Waals surface area contributed by atoms with Crippen LogP contribution < -0.4 is 16.4 Å². The van der Waals surface area contributed by atoms with Gasteiger partial charge in [0, 0.05) is 131 Å². The smallest absolute Gasteiger partial charge is 0.410 e. The zero-order valence-corrected chi connectivity index (χ0v) is 61.2. The molecule has 92 heavy (non-hydrogen) atoms. The van der Waals surface area contributed by atoms with Gasteiger partial charge in [0.25, 0.3) is 23.6 Å². The Hall–Kier alpha value is -3.73. The molecule has 23 nitrogen and oxygen atoms in total. The van der Waals surface area contributed by atoms with E-state index in [4.69, 9.17) is 30.4 Å². The monoisotopic (exact) mass is 1500 g/mol. The summed E-state index contributed by atoms with van der Waals surface area (Å²) >= 11 is 0. The van der Waals surface area contributed by atoms with E-state index in [0.717, 1.165) is 107 Å². The van der Waals surface area contributed by atoms with Crippen molar-refractivity contribution in [1.82, 2.24) is 30.6 Å². The number of imide groups is 2. The molecule has 6 N–H and O–H groups in total. The molecule has 5 fully saturated rings. The Labute approximate surface area is 583 Å². The molecule has 528 valence electrons. The molecule has 0 saturated carbocycles. The van der Waals surface area contributed by atoms with Crippen LogP contribution in [0.25, 0.3) is 0 Å². The number of hydrogen-bond acceptors (Lipinski definition) is 22. The minimum absolute atomic E-state index is 0. The Morgan fingerprint density at radius 1 is 0.576 bits per heavy atom. The number of ether oxygens (including phenoxy) is 1. The molecule has 5 saturated heterocycles. The van der Waals surface area contributed by atoms with Crippen molar-refractivity contribution >= 4 is 130 Å². The fourth-order valence-electron chi connectivity index (χ4n) is 9.56. The van der Waals surface area contributed by atoms with Crippen LogP contribution in [0.15, 0.2) is 30.3 Å². The fourth-order valence-corrected chi connectivity index (χ4v) is 15.4. The van der Waals surface area contributed by atoms with Crippen molar-refractivity contribution in [3.8, 4) is 0 Å². The Morgan fingerprint density at radius 2 is 1.01 bits per heavy atom. The molecule has 5 aliphatic rings. The van der Waals surface area contributed by atoms with E-state index in [2.05, 4.69) is 57.1 Å². The Balaban J connectivity index is 0.00000118. The van der Waals surface area contributed by atoms with Gasteiger partial charge in [-0.1, -0.05) is 149 Å². The van der Waals surface area contributed by atoms with Gasteiger partial charge in [-0.05, 0) is 87.8 Å². The summed E-state index contributed by atoms with van der Waals surface area (Å²) in [6.07, 6.45) is 12.8. The summed E-state index contributed by atoms with van der Waals surface area (Å²) < 4.78 is 5.38. The van der Waals surface area contributed by atoms with Gasteiger partial charge in [0.15, 0.2) is 0 Å². The zero-order valence-electron chi connectivity index (χ0n) is 54.7. The predicted molar refractivity (Wildman–Crippen MR) is 366 cm³/mol. The summed E-state index contributed by atoms with van der Waals surface area (Å²) in [4.78, 5) is 138. The number of carboxylic acid groups (broad SMARTS) is 2. The van der Waals surface area contributed by atoms with Gasteiger partial charge in [-0.25, -0.2) is 14.4 Å². The first kappa shape index (κ1) is 88.3. The number of nitrogens with one attached hydrogen (secondary N) is 2. The molecule has 5 heterocycles. The fraction of sp³-hybridized carbons (Fsp3) is 0.710. The van der Waals surface area contributed by atoms with E-state index >= 15 is 0 Å². The number of benzene rings is 1. The summed E-state index contributed by atoms with van der Waals surface area (Å²) in [7, 11) is 8.79. The number of likely N-dealkylation sites (tertiary alicyclic amines) is 2. The molecule has 6 rings (SSSR count). The van der Waals surface area contributed by atoms with Crippen molar-refractivity contribution < 1.29 is 97.8 Å². The first-order valence-corrected chi connectivity index (χ1v) is 38.9. The average molecular weight is 1500 g/mol. The maximum Gasteiger partial charge on any atom is 0.410 e. The van der Waals surface area contributed by atoms with Gasteiger partial charge in [0.05, 0.1) is 25.7 Å². The van der Waals surface area contributed by atoms with Crippen LogP contribution in [0.1, 0.15) is 176 Å². The minimum Gasteiger partial charge on any atom is -0.481 e. The van der Waals surface area contributed by atoms with Crippen molar-refractivity contribution in [2.75, 3.05) is 67.2 Å². The third-order valence-electron chi connectivity index (χ3n) is 14.4. The first-order valence-electron chi connectivity index (χ1n) is 31.4. The standard InChI is InChI=1S/C19H37N3O2S2.C15H21NO2.C14H16N2O8S2.C7H15N.C6H10O4S2.CH3.Pd/c1-3-17-14-16(2)15-22(17)19(24)9-13-26-25-12-8-18(23)21-11-7-5-4-6-10-20;1-3-14-9-12(2)10-16(14)15(17)18-11-13-7-5-4-6-8-13;17-9-1-2-10(18)15(9)23-13(21)5-7-25-26-8-6-14(22)24-16-11(19)3-4-12(16)20;1-3-7-4-6(2)5-8-7;7-5(8)1-3-11-12-4-2-6(9)10;;/h16-17H,3-15,20H2,1-2H3,(H,21,23);4-8,12,14H,3,9-11H2,1-2H3;1-8H2;6-8H,3-5H2,1-2H3;1-4H2,(H,7,8)(H,9,10);1H3;/q;;;;;-1;/t16-,17-;12-,14-;;6-,7-;;;/m11.1.../s1. The topological polar surface area (TPSA) is 319 Å². The molecular formula is C62H102N7O16PdS6-. The molecule has 5 aliphatic heterocycles. The van der Waals surface area contributed by atoms with E-state index < -0.39 is 47.5 Å². The maximum absolute atomic E-state index is 12.3. The van der Waals surface area contributed by atoms with E-state index in [1.165, 1.54) is 62.6 Å². The molecule has 0 aromatic heterocycles. The van der Waals surface area contributed by atoms with Gasteiger partial charge in [0.2, 0.25) is 11.8 Å². The SMILES string of the molecule is CC[C@@H]1C[C@@H](C)CN1.CC[C@@H]1C[C@@H](C)CN1C(=O)CCSSCCC(=O)NCCCCCCN.CC[C@@H]1C[C@@H](C)CN1C(=O)OCc1ccccc1.O=C(CCSSCCC(=O)ON1C(=O)CCC1=O)ON1C(=O)CCC1=O.O=C(O)CCSSCCC(=O)O.[CH3-].[Pd]. The number of carboxylic acids is 2. The quantitative estimate of drug-likeness (QED) is 0.0141. The number of nitrogens with two attached hydrogens (primary N) is 1. The van der Waals surface area contributed by atoms with Crippen LogP contribution >= 0.6 is 64.8 Å². The molecule has 1 aromatic rings. The summed E-state index contributed by atoms with van der Waals surface area (Å²) in [6, 6.07) is 11.4. The Bertz CT molecular complexity index is 2260. The van der Waals surface area contributed by atoms with Crippen LogP contribution in [0.5, 0.6) is 0 Å². The zero-order chi connectivity index (χ0) is 66.6. The van der Waals surface area contributed by atoms with Crippen LogP contribution in [-0.2, 0) is 89.4 Å². The van der Waals surface area contributed by atoms with E-state index in [0.29, 0.717) is 82.4 Å². The van der Waals surface area contributed by atoms with Crippen molar-refractivity contribution in [3.63, 3.8) is 0 Å². The average Bonchev–Trinajstić information content (AvgIpc) is 2.13. The number of hydroxylamine groups is 4. The summed E-state index contributed by atoms with van der Waals surface area (Å²) in [5.74, 6) is 0.826. The number of carbonyl (C=O) groups excluding carboxylic acids is 9. The van der Waals surface area contributed by atoms with Gasteiger partial charge in [-0.15, -0.1) is 10.1 Å². The number of amides is 7. The third kappa shape index (κ3) is 40.0. The number of aliphatic carboxylic acids is 2. The Kier molecular flexibility index (Phi) is 51.3. The number of nitrogens with zero attached hydrogens (tertiary/aromatic N) is 4. The molecule has 1 aromatic carbocycles. The van der Waals surface area contributed by atoms with Crippen molar-refractivity contribution in [2.24, 2.45) is 23.5 Å². The second-order valence-electron chi connectivity index (χ2n) is 22.3. The van der Waals surface area contributed by atoms with Gasteiger partial charge >= 0.3 is 30.0 Å². The second kappa shape index (κ2) is 53.4. The van der Waals surface area contributed by atoms with Gasteiger partial charge in [-0.2, -0.15) is 0 Å². The van der Waals surface area contributed by atoms with Crippen molar-refractivity contribution in [1.29, 1.82) is 0 Å². The number of hydrogen-bond donors (Lipinski definition) is 5. The van der Waals surface area contributed by atoms with E-state index in [-0.39, 0.29) is 91.2 Å². The molecule has 7 amide bonds. The molecule has 0 aliphatic carbocycles. The minimum atomic E-state index is -0.818. The first-order chi connectivity index (χ1) is 43.1.